The van der Waals surface area contributed by atoms with E-state index in [2.05, 4.69) is 45.8 Å². The van der Waals surface area contributed by atoms with Crippen LogP contribution in [0.25, 0.3) is 22.5 Å². The summed E-state index contributed by atoms with van der Waals surface area (Å²) in [4.78, 5) is 23.3. The Bertz CT molecular complexity index is 1120. The van der Waals surface area contributed by atoms with Gasteiger partial charge in [0.15, 0.2) is 5.82 Å². The summed E-state index contributed by atoms with van der Waals surface area (Å²) in [6.07, 6.45) is 9.65. The third-order valence-corrected chi connectivity index (χ3v) is 4.01. The number of halogens is 3. The van der Waals surface area contributed by atoms with Gasteiger partial charge in [0.2, 0.25) is 0 Å². The number of nitrogens with zero attached hydrogens (tertiary/aromatic N) is 6. The smallest absolute Gasteiger partial charge is 0.156 e. The average molecular weight is 459 g/mol. The van der Waals surface area contributed by atoms with Gasteiger partial charge in [-0.05, 0) is 28.1 Å². The molecule has 0 aliphatic rings. The molecule has 0 unspecified atom stereocenters. The van der Waals surface area contributed by atoms with Gasteiger partial charge in [0.05, 0.1) is 42.4 Å². The standard InChI is InChI=1S/C9H6BrFN4.C9H7FN4/c10-8-9(12)14-4-7(15-8)5-1-6(11)3-13-2-5;10-7-1-6(2-12-3-7)8-4-14-9(11)5-13-8/h1-4H,(H2,12,14);1-5H,(H2,11,14). The highest BCUT2D eigenvalue weighted by atomic mass is 79.9. The molecule has 8 nitrogen and oxygen atoms in total. The number of pyridine rings is 2. The maximum absolute atomic E-state index is 12.9. The van der Waals surface area contributed by atoms with Crippen molar-refractivity contribution in [3.63, 3.8) is 0 Å². The molecule has 4 aromatic heterocycles. The third kappa shape index (κ3) is 5.45. The van der Waals surface area contributed by atoms with E-state index in [1.165, 1.54) is 43.1 Å². The summed E-state index contributed by atoms with van der Waals surface area (Å²) in [5.74, 6) is -0.190. The van der Waals surface area contributed by atoms with Crippen LogP contribution in [-0.2, 0) is 0 Å². The minimum Gasteiger partial charge on any atom is -0.382 e. The first-order valence-electron chi connectivity index (χ1n) is 8.00. The average Bonchev–Trinajstić information content (AvgIpc) is 2.71. The molecule has 0 aliphatic carbocycles. The van der Waals surface area contributed by atoms with Crippen molar-refractivity contribution in [3.8, 4) is 22.5 Å². The van der Waals surface area contributed by atoms with Gasteiger partial charge in [0.25, 0.3) is 0 Å². The summed E-state index contributed by atoms with van der Waals surface area (Å²) in [6, 6.07) is 2.67. The maximum atomic E-state index is 12.9. The number of nitrogens with two attached hydrogens (primary N) is 2. The highest BCUT2D eigenvalue weighted by molar-refractivity contribution is 9.10. The molecule has 11 heteroatoms. The Balaban J connectivity index is 0.000000166. The Labute approximate surface area is 172 Å². The van der Waals surface area contributed by atoms with Crippen molar-refractivity contribution in [2.45, 2.75) is 0 Å². The fraction of sp³-hybridized carbons (Fsp3) is 0. The van der Waals surface area contributed by atoms with Gasteiger partial charge in [-0.1, -0.05) is 0 Å². The lowest BCUT2D eigenvalue weighted by atomic mass is 10.2. The molecule has 4 rings (SSSR count). The molecule has 0 fully saturated rings. The van der Waals surface area contributed by atoms with Crippen molar-refractivity contribution in [3.05, 3.63) is 71.7 Å². The van der Waals surface area contributed by atoms with Crippen molar-refractivity contribution < 1.29 is 8.78 Å². The third-order valence-electron chi connectivity index (χ3n) is 3.43. The molecule has 0 atom stereocenters. The number of nitrogen functional groups attached to an aromatic ring is 2. The lowest BCUT2D eigenvalue weighted by Gasteiger charge is -2.01. The zero-order valence-electron chi connectivity index (χ0n) is 14.7. The molecule has 0 spiro atoms. The SMILES string of the molecule is Nc1cnc(-c2cncc(F)c2)cn1.Nc1ncc(-c2cncc(F)c2)nc1Br. The molecule has 29 heavy (non-hydrogen) atoms. The Morgan fingerprint density at radius 1 is 0.690 bits per heavy atom. The van der Waals surface area contributed by atoms with Gasteiger partial charge in [-0.15, -0.1) is 0 Å². The van der Waals surface area contributed by atoms with E-state index in [1.807, 2.05) is 0 Å². The second-order valence-electron chi connectivity index (χ2n) is 5.54. The topological polar surface area (TPSA) is 129 Å². The van der Waals surface area contributed by atoms with Crippen LogP contribution in [0.4, 0.5) is 20.4 Å². The largest absolute Gasteiger partial charge is 0.382 e. The molecule has 0 radical (unpaired) electrons. The van der Waals surface area contributed by atoms with E-state index in [-0.39, 0.29) is 0 Å². The minimum atomic E-state index is -0.415. The Kier molecular flexibility index (Phi) is 6.29. The van der Waals surface area contributed by atoms with E-state index in [0.717, 1.165) is 12.4 Å². The van der Waals surface area contributed by atoms with Crippen molar-refractivity contribution >= 4 is 27.6 Å². The van der Waals surface area contributed by atoms with Crippen molar-refractivity contribution in [1.82, 2.24) is 29.9 Å². The van der Waals surface area contributed by atoms with E-state index in [4.69, 9.17) is 11.5 Å². The fourth-order valence-electron chi connectivity index (χ4n) is 2.11. The van der Waals surface area contributed by atoms with Gasteiger partial charge >= 0.3 is 0 Å². The Morgan fingerprint density at radius 2 is 1.28 bits per heavy atom. The van der Waals surface area contributed by atoms with Gasteiger partial charge in [0, 0.05) is 23.5 Å². The summed E-state index contributed by atoms with van der Waals surface area (Å²) in [5.41, 5.74) is 13.1. The van der Waals surface area contributed by atoms with Crippen LogP contribution < -0.4 is 11.5 Å². The molecule has 0 aromatic carbocycles. The molecule has 0 saturated carbocycles. The fourth-order valence-corrected chi connectivity index (χ4v) is 2.40. The van der Waals surface area contributed by atoms with Gasteiger partial charge in [0.1, 0.15) is 22.1 Å². The van der Waals surface area contributed by atoms with Crippen LogP contribution in [0.2, 0.25) is 0 Å². The van der Waals surface area contributed by atoms with Crippen molar-refractivity contribution in [2.24, 2.45) is 0 Å². The highest BCUT2D eigenvalue weighted by Crippen LogP contribution is 2.21. The molecule has 0 bridgehead atoms. The van der Waals surface area contributed by atoms with E-state index in [0.29, 0.717) is 38.8 Å². The molecule has 4 aromatic rings. The van der Waals surface area contributed by atoms with Crippen molar-refractivity contribution in [1.29, 1.82) is 0 Å². The number of hydrogen-bond acceptors (Lipinski definition) is 8. The molecule has 4 N–H and O–H groups in total. The number of rotatable bonds is 2. The van der Waals surface area contributed by atoms with Crippen LogP contribution in [0.15, 0.2) is 60.1 Å². The zero-order valence-corrected chi connectivity index (χ0v) is 16.3. The summed E-state index contributed by atoms with van der Waals surface area (Å²) in [6.45, 7) is 0. The van der Waals surface area contributed by atoms with Crippen LogP contribution in [0.3, 0.4) is 0 Å². The predicted molar refractivity (Wildman–Crippen MR) is 107 cm³/mol. The summed E-state index contributed by atoms with van der Waals surface area (Å²) in [5, 5.41) is 0. The van der Waals surface area contributed by atoms with Gasteiger partial charge in [-0.25, -0.2) is 23.7 Å². The lowest BCUT2D eigenvalue weighted by Crippen LogP contribution is -1.96. The minimum absolute atomic E-state index is 0.295. The number of anilines is 2. The van der Waals surface area contributed by atoms with E-state index >= 15 is 0 Å². The van der Waals surface area contributed by atoms with Crippen LogP contribution in [-0.4, -0.2) is 29.9 Å². The highest BCUT2D eigenvalue weighted by Gasteiger charge is 2.05. The summed E-state index contributed by atoms with van der Waals surface area (Å²) < 4.78 is 26.1. The first-order valence-corrected chi connectivity index (χ1v) is 8.79. The maximum Gasteiger partial charge on any atom is 0.156 e. The van der Waals surface area contributed by atoms with Crippen LogP contribution in [0.1, 0.15) is 0 Å². The monoisotopic (exact) mass is 458 g/mol. The molecule has 146 valence electrons. The molecular formula is C18H13BrF2N8. The van der Waals surface area contributed by atoms with Crippen LogP contribution in [0, 0.1) is 11.6 Å². The molecule has 0 aliphatic heterocycles. The van der Waals surface area contributed by atoms with Crippen LogP contribution in [0.5, 0.6) is 0 Å². The molecule has 4 heterocycles. The number of aromatic nitrogens is 6. The predicted octanol–water partition coefficient (Wildman–Crippen LogP) is 3.28. The van der Waals surface area contributed by atoms with Gasteiger partial charge in [-0.2, -0.15) is 0 Å². The second kappa shape index (κ2) is 9.06. The quantitative estimate of drug-likeness (QED) is 0.467. The van der Waals surface area contributed by atoms with Crippen molar-refractivity contribution in [2.75, 3.05) is 11.5 Å². The first kappa shape index (κ1) is 20.1. The van der Waals surface area contributed by atoms with E-state index in [1.54, 1.807) is 0 Å². The Hall–Kier alpha value is -3.60. The van der Waals surface area contributed by atoms with E-state index in [9.17, 15) is 8.78 Å². The molecule has 0 amide bonds. The summed E-state index contributed by atoms with van der Waals surface area (Å²) in [7, 11) is 0. The zero-order chi connectivity index (χ0) is 20.8. The van der Waals surface area contributed by atoms with Crippen LogP contribution >= 0.6 is 15.9 Å². The molecular weight excluding hydrogens is 446 g/mol. The van der Waals surface area contributed by atoms with Gasteiger partial charge < -0.3 is 11.5 Å². The lowest BCUT2D eigenvalue weighted by molar-refractivity contribution is 0.621. The Morgan fingerprint density at radius 3 is 1.79 bits per heavy atom. The number of hydrogen-bond donors (Lipinski definition) is 2. The molecule has 0 saturated heterocycles. The van der Waals surface area contributed by atoms with Gasteiger partial charge in [-0.3, -0.25) is 15.0 Å². The first-order chi connectivity index (χ1) is 13.9. The normalized spacial score (nSPS) is 10.2. The van der Waals surface area contributed by atoms with E-state index < -0.39 is 11.6 Å². The second-order valence-corrected chi connectivity index (χ2v) is 6.29. The summed E-state index contributed by atoms with van der Waals surface area (Å²) >= 11 is 3.15.